The third kappa shape index (κ3) is 4.31. The van der Waals surface area contributed by atoms with Gasteiger partial charge in [-0.05, 0) is 38.7 Å². The highest BCUT2D eigenvalue weighted by molar-refractivity contribution is 5.87. The minimum absolute atomic E-state index is 0.0133. The summed E-state index contributed by atoms with van der Waals surface area (Å²) in [6, 6.07) is -0.305. The quantitative estimate of drug-likeness (QED) is 0.816. The molecule has 2 amide bonds. The van der Waals surface area contributed by atoms with Gasteiger partial charge in [-0.25, -0.2) is 0 Å². The van der Waals surface area contributed by atoms with Crippen LogP contribution < -0.4 is 5.32 Å². The van der Waals surface area contributed by atoms with Gasteiger partial charge in [0.1, 0.15) is 6.04 Å². The first-order chi connectivity index (χ1) is 12.6. The third-order valence-corrected chi connectivity index (χ3v) is 5.51. The Labute approximate surface area is 154 Å². The Morgan fingerprint density at radius 2 is 1.92 bits per heavy atom. The van der Waals surface area contributed by atoms with Gasteiger partial charge in [-0.15, -0.1) is 0 Å². The van der Waals surface area contributed by atoms with Crippen molar-refractivity contribution in [2.24, 2.45) is 5.92 Å². The van der Waals surface area contributed by atoms with E-state index >= 15 is 0 Å². The van der Waals surface area contributed by atoms with E-state index in [1.807, 2.05) is 6.92 Å². The molecule has 1 unspecified atom stereocenters. The summed E-state index contributed by atoms with van der Waals surface area (Å²) in [6.07, 6.45) is 8.59. The maximum Gasteiger partial charge on any atom is 0.248 e. The molecule has 142 valence electrons. The van der Waals surface area contributed by atoms with E-state index < -0.39 is 0 Å². The molecule has 1 atom stereocenters. The lowest BCUT2D eigenvalue weighted by Gasteiger charge is -2.30. The number of aromatic nitrogens is 2. The molecule has 0 aromatic carbocycles. The summed E-state index contributed by atoms with van der Waals surface area (Å²) >= 11 is 0. The molecule has 1 aromatic rings. The number of amides is 2. The second kappa shape index (κ2) is 8.47. The van der Waals surface area contributed by atoms with Crippen molar-refractivity contribution in [1.29, 1.82) is 0 Å². The first-order valence-electron chi connectivity index (χ1n) is 9.63. The number of nitrogens with one attached hydrogen (secondary N) is 1. The van der Waals surface area contributed by atoms with E-state index in [4.69, 9.17) is 4.52 Å². The van der Waals surface area contributed by atoms with Crippen molar-refractivity contribution in [2.75, 3.05) is 13.1 Å². The molecule has 26 heavy (non-hydrogen) atoms. The molecule has 1 saturated heterocycles. The number of rotatable bonds is 5. The van der Waals surface area contributed by atoms with Crippen molar-refractivity contribution in [3.63, 3.8) is 0 Å². The summed E-state index contributed by atoms with van der Waals surface area (Å²) in [4.78, 5) is 30.4. The highest BCUT2D eigenvalue weighted by atomic mass is 16.5. The van der Waals surface area contributed by atoms with E-state index in [0.29, 0.717) is 37.7 Å². The van der Waals surface area contributed by atoms with Crippen LogP contribution in [-0.4, -0.2) is 39.9 Å². The Morgan fingerprint density at radius 3 is 2.58 bits per heavy atom. The van der Waals surface area contributed by atoms with Crippen LogP contribution in [0.5, 0.6) is 0 Å². The fraction of sp³-hybridized carbons (Fsp3) is 0.684. The summed E-state index contributed by atoms with van der Waals surface area (Å²) in [5.74, 6) is 1.46. The largest absolute Gasteiger partial charge is 0.344 e. The Morgan fingerprint density at radius 1 is 1.23 bits per heavy atom. The second-order valence-corrected chi connectivity index (χ2v) is 7.36. The van der Waals surface area contributed by atoms with Crippen molar-refractivity contribution < 1.29 is 14.1 Å². The number of hydrogen-bond donors (Lipinski definition) is 1. The van der Waals surface area contributed by atoms with E-state index in [-0.39, 0.29) is 23.8 Å². The molecule has 1 aromatic heterocycles. The lowest BCUT2D eigenvalue weighted by Crippen LogP contribution is -2.43. The topological polar surface area (TPSA) is 88.3 Å². The van der Waals surface area contributed by atoms with Gasteiger partial charge < -0.3 is 14.7 Å². The smallest absolute Gasteiger partial charge is 0.248 e. The van der Waals surface area contributed by atoms with E-state index in [2.05, 4.69) is 22.0 Å². The zero-order valence-electron chi connectivity index (χ0n) is 15.4. The SMILES string of the molecule is C=CC(=O)N1CCC(C(=O)NC(C)c2nc(C3CCCCC3)no2)CC1. The number of nitrogens with zero attached hydrogens (tertiary/aromatic N) is 3. The molecule has 2 fully saturated rings. The minimum atomic E-state index is -0.305. The number of carbonyl (C=O) groups is 2. The van der Waals surface area contributed by atoms with Crippen LogP contribution in [0.1, 0.15) is 75.5 Å². The molecule has 1 aliphatic heterocycles. The normalized spacial score (nSPS) is 20.6. The maximum atomic E-state index is 12.5. The lowest BCUT2D eigenvalue weighted by molar-refractivity contribution is -0.132. The van der Waals surface area contributed by atoms with Crippen LogP contribution >= 0.6 is 0 Å². The fourth-order valence-electron chi connectivity index (χ4n) is 3.83. The highest BCUT2D eigenvalue weighted by Crippen LogP contribution is 2.31. The van der Waals surface area contributed by atoms with Gasteiger partial charge in [-0.3, -0.25) is 9.59 Å². The van der Waals surface area contributed by atoms with Crippen LogP contribution in [0.15, 0.2) is 17.2 Å². The van der Waals surface area contributed by atoms with Crippen LogP contribution in [0.4, 0.5) is 0 Å². The van der Waals surface area contributed by atoms with Gasteiger partial charge in [-0.1, -0.05) is 31.0 Å². The Balaban J connectivity index is 1.51. The molecule has 1 saturated carbocycles. The van der Waals surface area contributed by atoms with Gasteiger partial charge in [0.15, 0.2) is 5.82 Å². The van der Waals surface area contributed by atoms with Crippen molar-refractivity contribution >= 4 is 11.8 Å². The number of piperidine rings is 1. The summed E-state index contributed by atoms with van der Waals surface area (Å²) in [5.41, 5.74) is 0. The molecule has 0 radical (unpaired) electrons. The van der Waals surface area contributed by atoms with E-state index in [9.17, 15) is 9.59 Å². The molecule has 0 spiro atoms. The van der Waals surface area contributed by atoms with Gasteiger partial charge in [-0.2, -0.15) is 4.98 Å². The fourth-order valence-corrected chi connectivity index (χ4v) is 3.83. The van der Waals surface area contributed by atoms with Crippen LogP contribution in [0.25, 0.3) is 0 Å². The monoisotopic (exact) mass is 360 g/mol. The van der Waals surface area contributed by atoms with Crippen LogP contribution in [0.3, 0.4) is 0 Å². The molecule has 1 N–H and O–H groups in total. The first-order valence-corrected chi connectivity index (χ1v) is 9.63. The first kappa shape index (κ1) is 18.6. The molecule has 2 heterocycles. The average Bonchev–Trinajstić information content (AvgIpc) is 3.18. The van der Waals surface area contributed by atoms with Crippen molar-refractivity contribution in [2.45, 2.75) is 63.8 Å². The predicted octanol–water partition coefficient (Wildman–Crippen LogP) is 2.72. The molecular formula is C19H28N4O3. The zero-order valence-corrected chi connectivity index (χ0v) is 15.4. The van der Waals surface area contributed by atoms with Crippen LogP contribution in [0.2, 0.25) is 0 Å². The Hall–Kier alpha value is -2.18. The van der Waals surface area contributed by atoms with Crippen molar-refractivity contribution in [3.8, 4) is 0 Å². The molecule has 2 aliphatic rings. The van der Waals surface area contributed by atoms with Gasteiger partial charge in [0.25, 0.3) is 0 Å². The average molecular weight is 360 g/mol. The Bertz CT molecular complexity index is 643. The van der Waals surface area contributed by atoms with Gasteiger partial charge in [0.2, 0.25) is 17.7 Å². The molecule has 7 heteroatoms. The van der Waals surface area contributed by atoms with Crippen LogP contribution in [0, 0.1) is 5.92 Å². The number of carbonyl (C=O) groups excluding carboxylic acids is 2. The van der Waals surface area contributed by atoms with E-state index in [1.165, 1.54) is 25.3 Å². The van der Waals surface area contributed by atoms with Gasteiger partial charge >= 0.3 is 0 Å². The molecular weight excluding hydrogens is 332 g/mol. The van der Waals surface area contributed by atoms with Gasteiger partial charge in [0.05, 0.1) is 0 Å². The number of hydrogen-bond acceptors (Lipinski definition) is 5. The van der Waals surface area contributed by atoms with Crippen molar-refractivity contribution in [1.82, 2.24) is 20.4 Å². The zero-order chi connectivity index (χ0) is 18.5. The van der Waals surface area contributed by atoms with Crippen LogP contribution in [-0.2, 0) is 9.59 Å². The number of likely N-dealkylation sites (tertiary alicyclic amines) is 1. The Kier molecular flexibility index (Phi) is 6.06. The standard InChI is InChI=1S/C19H28N4O3/c1-3-16(24)23-11-9-15(10-12-23)18(25)20-13(2)19-21-17(22-26-19)14-7-5-4-6-8-14/h3,13-15H,1,4-12H2,2H3,(H,20,25). The molecule has 3 rings (SSSR count). The summed E-state index contributed by atoms with van der Waals surface area (Å²) < 4.78 is 5.39. The predicted molar refractivity (Wildman–Crippen MR) is 96.2 cm³/mol. The molecule has 0 bridgehead atoms. The maximum absolute atomic E-state index is 12.5. The highest BCUT2D eigenvalue weighted by Gasteiger charge is 2.29. The third-order valence-electron chi connectivity index (χ3n) is 5.51. The minimum Gasteiger partial charge on any atom is -0.344 e. The molecule has 7 nitrogen and oxygen atoms in total. The van der Waals surface area contributed by atoms with E-state index in [0.717, 1.165) is 18.7 Å². The lowest BCUT2D eigenvalue weighted by atomic mass is 9.89. The van der Waals surface area contributed by atoms with Gasteiger partial charge in [0, 0.05) is 24.9 Å². The van der Waals surface area contributed by atoms with Crippen molar-refractivity contribution in [3.05, 3.63) is 24.4 Å². The summed E-state index contributed by atoms with van der Waals surface area (Å²) in [5, 5.41) is 7.11. The second-order valence-electron chi connectivity index (χ2n) is 7.36. The van der Waals surface area contributed by atoms with E-state index in [1.54, 1.807) is 4.90 Å². The summed E-state index contributed by atoms with van der Waals surface area (Å²) in [7, 11) is 0. The summed E-state index contributed by atoms with van der Waals surface area (Å²) in [6.45, 7) is 6.55. The molecule has 1 aliphatic carbocycles.